The lowest BCUT2D eigenvalue weighted by Crippen LogP contribution is -2.21. The van der Waals surface area contributed by atoms with Gasteiger partial charge in [0.05, 0.1) is 6.61 Å². The summed E-state index contributed by atoms with van der Waals surface area (Å²) in [6, 6.07) is 12.6. The number of nitrogens with one attached hydrogen (secondary N) is 2. The Bertz CT molecular complexity index is 1020. The highest BCUT2D eigenvalue weighted by Crippen LogP contribution is 2.35. The van der Waals surface area contributed by atoms with E-state index in [0.29, 0.717) is 36.5 Å². The molecule has 0 aliphatic carbocycles. The molecule has 14 heteroatoms. The number of unbranched alkanes of at least 4 members (excludes halogenated alkanes) is 1. The molecule has 3 unspecified atom stereocenters. The molecule has 3 atom stereocenters. The Morgan fingerprint density at radius 2 is 1.58 bits per heavy atom. The van der Waals surface area contributed by atoms with Crippen LogP contribution in [0.5, 0.6) is 11.5 Å². The lowest BCUT2D eigenvalue weighted by molar-refractivity contribution is -0.0102. The van der Waals surface area contributed by atoms with Crippen LogP contribution >= 0.6 is 15.5 Å². The van der Waals surface area contributed by atoms with Gasteiger partial charge in [-0.15, -0.1) is 0 Å². The molecule has 0 bridgehead atoms. The van der Waals surface area contributed by atoms with E-state index < -0.39 is 27.7 Å². The van der Waals surface area contributed by atoms with Crippen LogP contribution in [0, 0.1) is 10.8 Å². The second kappa shape index (κ2) is 12.1. The van der Waals surface area contributed by atoms with Gasteiger partial charge in [-0.2, -0.15) is 0 Å². The van der Waals surface area contributed by atoms with E-state index in [-0.39, 0.29) is 12.0 Å². The van der Waals surface area contributed by atoms with Crippen molar-refractivity contribution in [1.82, 2.24) is 0 Å². The SMILES string of the molecule is N=Cc1ccc(OC(CCCCOc2ccc(C(=N)OP(N)(=O)O)cc2)OP(N)(=O)O)cc1. The highest BCUT2D eigenvalue weighted by molar-refractivity contribution is 7.50. The monoisotopic (exact) mass is 500 g/mol. The Hall–Kier alpha value is -2.56. The average molecular weight is 500 g/mol. The zero-order valence-corrected chi connectivity index (χ0v) is 19.3. The van der Waals surface area contributed by atoms with E-state index >= 15 is 0 Å². The van der Waals surface area contributed by atoms with E-state index in [9.17, 15) is 14.0 Å². The minimum absolute atomic E-state index is 0.253. The molecule has 12 nitrogen and oxygen atoms in total. The van der Waals surface area contributed by atoms with Gasteiger partial charge in [-0.3, -0.25) is 9.93 Å². The smallest absolute Gasteiger partial charge is 0.454 e. The molecule has 0 aromatic heterocycles. The van der Waals surface area contributed by atoms with Gasteiger partial charge in [0.15, 0.2) is 0 Å². The number of ether oxygens (including phenoxy) is 2. The first-order valence-electron chi connectivity index (χ1n) is 9.65. The lowest BCUT2D eigenvalue weighted by atomic mass is 10.2. The Morgan fingerprint density at radius 3 is 2.12 bits per heavy atom. The van der Waals surface area contributed by atoms with Crippen molar-refractivity contribution >= 4 is 27.6 Å². The molecule has 0 saturated heterocycles. The fraction of sp³-hybridized carbons (Fsp3) is 0.263. The van der Waals surface area contributed by atoms with Crippen molar-refractivity contribution in [2.45, 2.75) is 25.6 Å². The third kappa shape index (κ3) is 10.7. The van der Waals surface area contributed by atoms with Gasteiger partial charge in [0.1, 0.15) is 11.5 Å². The molecule has 2 rings (SSSR count). The number of hydrogen-bond donors (Lipinski definition) is 6. The molecule has 33 heavy (non-hydrogen) atoms. The highest BCUT2D eigenvalue weighted by atomic mass is 31.2. The average Bonchev–Trinajstić information content (AvgIpc) is 2.72. The molecule has 0 aliphatic rings. The second-order valence-corrected chi connectivity index (χ2v) is 9.43. The molecule has 0 aliphatic heterocycles. The van der Waals surface area contributed by atoms with Crippen LogP contribution in [-0.2, 0) is 18.2 Å². The molecule has 0 saturated carbocycles. The first-order valence-corrected chi connectivity index (χ1v) is 12.9. The normalized spacial score (nSPS) is 15.5. The van der Waals surface area contributed by atoms with Crippen molar-refractivity contribution in [3.63, 3.8) is 0 Å². The molecular weight excluding hydrogens is 474 g/mol. The summed E-state index contributed by atoms with van der Waals surface area (Å²) in [4.78, 5) is 18.3. The summed E-state index contributed by atoms with van der Waals surface area (Å²) < 4.78 is 43.0. The van der Waals surface area contributed by atoms with Crippen LogP contribution in [0.25, 0.3) is 0 Å². The van der Waals surface area contributed by atoms with E-state index in [4.69, 9.17) is 40.7 Å². The van der Waals surface area contributed by atoms with Crippen molar-refractivity contribution in [2.24, 2.45) is 11.0 Å². The van der Waals surface area contributed by atoms with Crippen molar-refractivity contribution in [3.05, 3.63) is 59.7 Å². The Kier molecular flexibility index (Phi) is 9.75. The topological polar surface area (TPSA) is 211 Å². The largest absolute Gasteiger partial charge is 0.494 e. The maximum atomic E-state index is 11.5. The predicted molar refractivity (Wildman–Crippen MR) is 122 cm³/mol. The van der Waals surface area contributed by atoms with E-state index in [1.54, 1.807) is 36.4 Å². The standard InChI is InChI=1S/C19H26N4O8P2/c20-13-14-4-8-17(9-5-14)29-18(30-32(22,24)25)3-1-2-12-28-16-10-6-15(7-11-16)19(21)31-33(23,26)27/h4-11,13,18,20-21H,1-3,12H2,(H3,22,24,25)(H3,23,26,27). The molecular formula is C19H26N4O8P2. The summed E-state index contributed by atoms with van der Waals surface area (Å²) in [7, 11) is -8.56. The second-order valence-electron chi connectivity index (χ2n) is 6.78. The van der Waals surface area contributed by atoms with E-state index in [2.05, 4.69) is 4.52 Å². The van der Waals surface area contributed by atoms with Crippen molar-refractivity contribution in [2.75, 3.05) is 6.61 Å². The van der Waals surface area contributed by atoms with Gasteiger partial charge in [-0.25, -0.2) is 20.1 Å². The highest BCUT2D eigenvalue weighted by Gasteiger charge is 2.22. The molecule has 0 heterocycles. The number of nitrogens with two attached hydrogens (primary N) is 2. The molecule has 2 aromatic carbocycles. The minimum atomic E-state index is -4.30. The predicted octanol–water partition coefficient (Wildman–Crippen LogP) is 3.12. The molecule has 2 aromatic rings. The molecule has 0 spiro atoms. The van der Waals surface area contributed by atoms with Crippen LogP contribution in [0.1, 0.15) is 30.4 Å². The maximum Gasteiger partial charge on any atom is 0.454 e. The van der Waals surface area contributed by atoms with Gasteiger partial charge in [0.25, 0.3) is 0 Å². The summed E-state index contributed by atoms with van der Waals surface area (Å²) in [5, 5.41) is 14.8. The van der Waals surface area contributed by atoms with Crippen molar-refractivity contribution in [3.8, 4) is 11.5 Å². The van der Waals surface area contributed by atoms with Crippen molar-refractivity contribution in [1.29, 1.82) is 10.8 Å². The van der Waals surface area contributed by atoms with Crippen LogP contribution < -0.4 is 20.5 Å². The molecule has 0 fully saturated rings. The number of benzene rings is 2. The number of rotatable bonds is 13. The van der Waals surface area contributed by atoms with Crippen LogP contribution in [0.3, 0.4) is 0 Å². The van der Waals surface area contributed by atoms with Gasteiger partial charge >= 0.3 is 15.5 Å². The van der Waals surface area contributed by atoms with Crippen molar-refractivity contribution < 1.29 is 37.4 Å². The summed E-state index contributed by atoms with van der Waals surface area (Å²) in [6.45, 7) is 0.322. The third-order valence-corrected chi connectivity index (χ3v) is 5.01. The van der Waals surface area contributed by atoms with Crippen LogP contribution in [0.15, 0.2) is 48.5 Å². The van der Waals surface area contributed by atoms with Crippen LogP contribution in [-0.4, -0.2) is 34.8 Å². The van der Waals surface area contributed by atoms with Crippen LogP contribution in [0.2, 0.25) is 0 Å². The molecule has 0 radical (unpaired) electrons. The Labute approximate surface area is 190 Å². The summed E-state index contributed by atoms with van der Waals surface area (Å²) in [6.07, 6.45) is 1.50. The zero-order valence-electron chi connectivity index (χ0n) is 17.5. The minimum Gasteiger partial charge on any atom is -0.494 e. The quantitative estimate of drug-likeness (QED) is 0.0777. The number of hydrogen-bond acceptors (Lipinski definition) is 8. The van der Waals surface area contributed by atoms with Gasteiger partial charge in [0, 0.05) is 18.2 Å². The van der Waals surface area contributed by atoms with E-state index in [0.717, 1.165) is 0 Å². The maximum absolute atomic E-state index is 11.5. The van der Waals surface area contributed by atoms with Gasteiger partial charge in [0.2, 0.25) is 12.2 Å². The van der Waals surface area contributed by atoms with Gasteiger partial charge < -0.3 is 29.2 Å². The zero-order chi connectivity index (χ0) is 24.5. The summed E-state index contributed by atoms with van der Waals surface area (Å²) >= 11 is 0. The first kappa shape index (κ1) is 26.7. The van der Waals surface area contributed by atoms with E-state index in [1.807, 2.05) is 0 Å². The summed E-state index contributed by atoms with van der Waals surface area (Å²) in [5.74, 6) is 0.371. The summed E-state index contributed by atoms with van der Waals surface area (Å²) in [5.41, 5.74) is 10.9. The van der Waals surface area contributed by atoms with Crippen LogP contribution in [0.4, 0.5) is 0 Å². The fourth-order valence-corrected chi connectivity index (χ4v) is 3.44. The molecule has 180 valence electrons. The van der Waals surface area contributed by atoms with Gasteiger partial charge in [-0.05, 0) is 66.9 Å². The third-order valence-electron chi connectivity index (χ3n) is 4.02. The van der Waals surface area contributed by atoms with Gasteiger partial charge in [-0.1, -0.05) is 0 Å². The lowest BCUT2D eigenvalue weighted by Gasteiger charge is -2.20. The first-order chi connectivity index (χ1) is 15.4. The fourth-order valence-electron chi connectivity index (χ4n) is 2.59. The van der Waals surface area contributed by atoms with E-state index in [1.165, 1.54) is 18.3 Å². The Balaban J connectivity index is 1.81. The molecule has 0 amide bonds. The molecule has 8 N–H and O–H groups in total. The Morgan fingerprint density at radius 1 is 0.970 bits per heavy atom.